The van der Waals surface area contributed by atoms with Crippen LogP contribution < -0.4 is 14.3 Å². The molecule has 0 atom stereocenters. The van der Waals surface area contributed by atoms with Gasteiger partial charge in [-0.1, -0.05) is 23.5 Å². The van der Waals surface area contributed by atoms with Gasteiger partial charge < -0.3 is 23.2 Å². The quantitative estimate of drug-likeness (QED) is 0.413. The molecular formula is C22H22N2O5S. The molecule has 0 bridgehead atoms. The highest BCUT2D eigenvalue weighted by molar-refractivity contribution is 7.16. The van der Waals surface area contributed by atoms with Crippen molar-refractivity contribution in [1.29, 1.82) is 0 Å². The van der Waals surface area contributed by atoms with Crippen LogP contribution in [0.4, 0.5) is 0 Å². The molecule has 156 valence electrons. The Morgan fingerprint density at radius 3 is 2.80 bits per heavy atom. The number of carbonyl (C=O) groups excluding carboxylic acids is 1. The third kappa shape index (κ3) is 3.83. The topological polar surface area (TPSA) is 75.2 Å². The molecule has 8 heteroatoms. The second-order valence-corrected chi connectivity index (χ2v) is 7.48. The van der Waals surface area contributed by atoms with Crippen LogP contribution in [0.2, 0.25) is 0 Å². The van der Waals surface area contributed by atoms with Crippen LogP contribution in [0.1, 0.15) is 17.5 Å². The lowest BCUT2D eigenvalue weighted by molar-refractivity contribution is 0.0972. The largest absolute Gasteiger partial charge is 0.497 e. The van der Waals surface area contributed by atoms with E-state index in [4.69, 9.17) is 18.6 Å². The summed E-state index contributed by atoms with van der Waals surface area (Å²) in [5.41, 5.74) is 1.50. The number of furan rings is 1. The van der Waals surface area contributed by atoms with E-state index < -0.39 is 5.91 Å². The molecule has 2 aromatic heterocycles. The minimum absolute atomic E-state index is 0.167. The number of nitrogens with zero attached hydrogens (tertiary/aromatic N) is 2. The Morgan fingerprint density at radius 1 is 1.17 bits per heavy atom. The number of thiazole rings is 1. The molecule has 0 radical (unpaired) electrons. The van der Waals surface area contributed by atoms with Gasteiger partial charge in [0.1, 0.15) is 5.75 Å². The standard InChI is InChI=1S/C22H22N2O5S/c1-4-28-11-10-24-16-9-8-15(26-2)13-19(16)30-22(24)23-21(25)18-12-14-6-5-7-17(27-3)20(14)29-18/h5-9,12-13H,4,10-11H2,1-3H3. The van der Waals surface area contributed by atoms with Gasteiger partial charge >= 0.3 is 5.91 Å². The molecular weight excluding hydrogens is 404 g/mol. The number of aromatic nitrogens is 1. The first kappa shape index (κ1) is 20.2. The number of hydrogen-bond acceptors (Lipinski definition) is 6. The summed E-state index contributed by atoms with van der Waals surface area (Å²) in [5.74, 6) is 1.05. The Balaban J connectivity index is 1.78. The van der Waals surface area contributed by atoms with Crippen molar-refractivity contribution in [3.63, 3.8) is 0 Å². The third-order valence-electron chi connectivity index (χ3n) is 4.69. The summed E-state index contributed by atoms with van der Waals surface area (Å²) in [6.45, 7) is 3.69. The number of rotatable bonds is 7. The molecule has 0 saturated heterocycles. The summed E-state index contributed by atoms with van der Waals surface area (Å²) in [4.78, 5) is 17.8. The first-order valence-corrected chi connectivity index (χ1v) is 10.4. The van der Waals surface area contributed by atoms with E-state index in [1.807, 2.05) is 41.8 Å². The van der Waals surface area contributed by atoms with Crippen LogP contribution in [0.25, 0.3) is 21.2 Å². The zero-order valence-electron chi connectivity index (χ0n) is 17.0. The van der Waals surface area contributed by atoms with Gasteiger partial charge in [-0.05, 0) is 37.3 Å². The van der Waals surface area contributed by atoms with Gasteiger partial charge in [-0.15, -0.1) is 0 Å². The molecule has 0 aliphatic rings. The lowest BCUT2D eigenvalue weighted by Crippen LogP contribution is -2.19. The summed E-state index contributed by atoms with van der Waals surface area (Å²) >= 11 is 1.42. The van der Waals surface area contributed by atoms with Crippen molar-refractivity contribution in [2.24, 2.45) is 4.99 Å². The molecule has 0 fully saturated rings. The van der Waals surface area contributed by atoms with E-state index in [2.05, 4.69) is 4.99 Å². The number of fused-ring (bicyclic) bond motifs is 2. The predicted octanol–water partition coefficient (Wildman–Crippen LogP) is 4.24. The highest BCUT2D eigenvalue weighted by Crippen LogP contribution is 2.29. The molecule has 30 heavy (non-hydrogen) atoms. The van der Waals surface area contributed by atoms with Crippen LogP contribution in [0, 0.1) is 0 Å². The second kappa shape index (κ2) is 8.73. The maximum atomic E-state index is 12.9. The molecule has 0 aliphatic heterocycles. The zero-order chi connectivity index (χ0) is 21.1. The highest BCUT2D eigenvalue weighted by atomic mass is 32.1. The molecule has 0 N–H and O–H groups in total. The number of amides is 1. The number of hydrogen-bond donors (Lipinski definition) is 0. The van der Waals surface area contributed by atoms with E-state index in [9.17, 15) is 4.79 Å². The molecule has 0 spiro atoms. The number of benzene rings is 2. The summed E-state index contributed by atoms with van der Waals surface area (Å²) in [5, 5.41) is 0.790. The third-order valence-corrected chi connectivity index (χ3v) is 5.73. The van der Waals surface area contributed by atoms with E-state index in [0.29, 0.717) is 35.9 Å². The van der Waals surface area contributed by atoms with E-state index in [1.165, 1.54) is 11.3 Å². The van der Waals surface area contributed by atoms with Crippen molar-refractivity contribution >= 4 is 38.4 Å². The first-order chi connectivity index (χ1) is 14.6. The van der Waals surface area contributed by atoms with E-state index in [0.717, 1.165) is 21.4 Å². The second-order valence-electron chi connectivity index (χ2n) is 6.47. The zero-order valence-corrected chi connectivity index (χ0v) is 17.8. The van der Waals surface area contributed by atoms with Gasteiger partial charge in [0.05, 0.1) is 31.0 Å². The molecule has 2 heterocycles. The normalized spacial score (nSPS) is 12.0. The van der Waals surface area contributed by atoms with Crippen molar-refractivity contribution in [2.45, 2.75) is 13.5 Å². The molecule has 1 amide bonds. The summed E-state index contributed by atoms with van der Waals surface area (Å²) in [6, 6.07) is 13.0. The van der Waals surface area contributed by atoms with Crippen LogP contribution in [-0.2, 0) is 11.3 Å². The van der Waals surface area contributed by atoms with Crippen molar-refractivity contribution in [3.8, 4) is 11.5 Å². The number of methoxy groups -OCH3 is 2. The van der Waals surface area contributed by atoms with E-state index in [-0.39, 0.29) is 5.76 Å². The molecule has 0 aliphatic carbocycles. The van der Waals surface area contributed by atoms with Crippen LogP contribution in [-0.4, -0.2) is 37.9 Å². The number of ether oxygens (including phenoxy) is 3. The van der Waals surface area contributed by atoms with Gasteiger partial charge in [0.25, 0.3) is 0 Å². The van der Waals surface area contributed by atoms with Gasteiger partial charge in [-0.2, -0.15) is 4.99 Å². The van der Waals surface area contributed by atoms with Crippen LogP contribution in [0.15, 0.2) is 51.9 Å². The fourth-order valence-electron chi connectivity index (χ4n) is 3.23. The van der Waals surface area contributed by atoms with Gasteiger partial charge in [0.2, 0.25) is 0 Å². The summed E-state index contributed by atoms with van der Waals surface area (Å²) < 4.78 is 24.9. The molecule has 0 saturated carbocycles. The maximum absolute atomic E-state index is 12.9. The Labute approximate surface area is 177 Å². The SMILES string of the molecule is CCOCCn1c(=NC(=O)c2cc3cccc(OC)c3o2)sc2cc(OC)ccc21. The lowest BCUT2D eigenvalue weighted by Gasteiger charge is -2.06. The lowest BCUT2D eigenvalue weighted by atomic mass is 10.2. The first-order valence-electron chi connectivity index (χ1n) is 9.55. The predicted molar refractivity (Wildman–Crippen MR) is 116 cm³/mol. The Bertz CT molecular complexity index is 1270. The van der Waals surface area contributed by atoms with Gasteiger partial charge in [0, 0.05) is 18.5 Å². The Morgan fingerprint density at radius 2 is 2.03 bits per heavy atom. The minimum atomic E-state index is -0.447. The van der Waals surface area contributed by atoms with Crippen LogP contribution in [0.3, 0.4) is 0 Å². The fraction of sp³-hybridized carbons (Fsp3) is 0.273. The minimum Gasteiger partial charge on any atom is -0.497 e. The maximum Gasteiger partial charge on any atom is 0.315 e. The summed E-state index contributed by atoms with van der Waals surface area (Å²) in [6.07, 6.45) is 0. The number of carbonyl (C=O) groups is 1. The molecule has 4 rings (SSSR count). The smallest absolute Gasteiger partial charge is 0.315 e. The fourth-order valence-corrected chi connectivity index (χ4v) is 4.31. The molecule has 2 aromatic carbocycles. The van der Waals surface area contributed by atoms with Gasteiger partial charge in [-0.3, -0.25) is 4.79 Å². The average Bonchev–Trinajstić information content (AvgIpc) is 3.35. The highest BCUT2D eigenvalue weighted by Gasteiger charge is 2.16. The van der Waals surface area contributed by atoms with Gasteiger partial charge in [-0.25, -0.2) is 0 Å². The van der Waals surface area contributed by atoms with Gasteiger partial charge in [0.15, 0.2) is 21.9 Å². The molecule has 4 aromatic rings. The molecule has 0 unspecified atom stereocenters. The Hall–Kier alpha value is -3.10. The molecule has 7 nitrogen and oxygen atoms in total. The van der Waals surface area contributed by atoms with E-state index in [1.54, 1.807) is 26.4 Å². The van der Waals surface area contributed by atoms with Crippen LogP contribution in [0.5, 0.6) is 11.5 Å². The van der Waals surface area contributed by atoms with E-state index >= 15 is 0 Å². The van der Waals surface area contributed by atoms with Crippen molar-refractivity contribution in [2.75, 3.05) is 27.4 Å². The Kier molecular flexibility index (Phi) is 5.87. The van der Waals surface area contributed by atoms with Crippen LogP contribution >= 0.6 is 11.3 Å². The van der Waals surface area contributed by atoms with Crippen molar-refractivity contribution in [1.82, 2.24) is 4.57 Å². The average molecular weight is 426 g/mol. The van der Waals surface area contributed by atoms with Crippen molar-refractivity contribution in [3.05, 3.63) is 53.0 Å². The number of para-hydroxylation sites is 1. The monoisotopic (exact) mass is 426 g/mol. The van der Waals surface area contributed by atoms with Crippen molar-refractivity contribution < 1.29 is 23.4 Å². The summed E-state index contributed by atoms with van der Waals surface area (Å²) in [7, 11) is 3.19.